The highest BCUT2D eigenvalue weighted by Crippen LogP contribution is 1.86. The first-order valence-corrected chi connectivity index (χ1v) is 3.05. The molecule has 1 N–H and O–H groups in total. The Balaban J connectivity index is 2.86. The summed E-state index contributed by atoms with van der Waals surface area (Å²) < 4.78 is 0. The Hall–Kier alpha value is -0.0800. The summed E-state index contributed by atoms with van der Waals surface area (Å²) in [6.07, 6.45) is 2.48. The topological polar surface area (TPSA) is 15.3 Å². The predicted octanol–water partition coefficient (Wildman–Crippen LogP) is 1.01. The summed E-state index contributed by atoms with van der Waals surface area (Å²) in [5.74, 6) is 0. The predicted molar refractivity (Wildman–Crippen MR) is 36.0 cm³/mol. The third-order valence-corrected chi connectivity index (χ3v) is 1.12. The van der Waals surface area contributed by atoms with Crippen molar-refractivity contribution in [2.75, 3.05) is 13.6 Å². The SMILES string of the molecule is [CH2]NN(C)CCCC. The molecule has 1 radical (unpaired) electrons. The number of unbranched alkanes of at least 4 members (excludes halogenated alkanes) is 1. The summed E-state index contributed by atoms with van der Waals surface area (Å²) in [6, 6.07) is 0. The van der Waals surface area contributed by atoms with E-state index in [0.717, 1.165) is 6.54 Å². The van der Waals surface area contributed by atoms with Gasteiger partial charge in [-0.25, -0.2) is 5.01 Å². The van der Waals surface area contributed by atoms with Crippen LogP contribution in [0.2, 0.25) is 0 Å². The maximum atomic E-state index is 3.51. The summed E-state index contributed by atoms with van der Waals surface area (Å²) in [4.78, 5) is 0. The molecular weight excluding hydrogens is 100 g/mol. The van der Waals surface area contributed by atoms with E-state index in [-0.39, 0.29) is 0 Å². The van der Waals surface area contributed by atoms with E-state index in [1.165, 1.54) is 12.8 Å². The summed E-state index contributed by atoms with van der Waals surface area (Å²) in [5, 5.41) is 1.98. The Bertz CT molecular complexity index is 45.8. The standard InChI is InChI=1S/C6H15N2/c1-4-5-6-8(3)7-2/h7H,2,4-6H2,1,3H3. The van der Waals surface area contributed by atoms with Gasteiger partial charge in [-0.05, 0) is 6.42 Å². The normalized spacial score (nSPS) is 10.5. The average Bonchev–Trinajstić information content (AvgIpc) is 1.83. The van der Waals surface area contributed by atoms with Crippen molar-refractivity contribution < 1.29 is 0 Å². The molecule has 0 atom stereocenters. The molecule has 0 rings (SSSR count). The molecule has 8 heavy (non-hydrogen) atoms. The highest BCUT2D eigenvalue weighted by Gasteiger charge is 1.88. The summed E-state index contributed by atoms with van der Waals surface area (Å²) >= 11 is 0. The second-order valence-electron chi connectivity index (χ2n) is 1.93. The second kappa shape index (κ2) is 5.06. The molecule has 0 unspecified atom stereocenters. The molecule has 0 aromatic heterocycles. The summed E-state index contributed by atoms with van der Waals surface area (Å²) in [5.41, 5.74) is 2.78. The molecular formula is C6H15N2. The minimum absolute atomic E-state index is 1.08. The van der Waals surface area contributed by atoms with Gasteiger partial charge in [0.05, 0.1) is 0 Å². The molecule has 0 saturated carbocycles. The van der Waals surface area contributed by atoms with E-state index in [2.05, 4.69) is 19.4 Å². The van der Waals surface area contributed by atoms with Crippen LogP contribution in [-0.4, -0.2) is 18.6 Å². The Kier molecular flexibility index (Phi) is 5.01. The minimum Gasteiger partial charge on any atom is -0.254 e. The summed E-state index contributed by atoms with van der Waals surface area (Å²) in [7, 11) is 5.50. The molecule has 49 valence electrons. The van der Waals surface area contributed by atoms with Gasteiger partial charge in [0.15, 0.2) is 0 Å². The van der Waals surface area contributed by atoms with Crippen LogP contribution in [0.25, 0.3) is 0 Å². The Labute approximate surface area is 51.8 Å². The van der Waals surface area contributed by atoms with Crippen molar-refractivity contribution in [2.24, 2.45) is 0 Å². The first-order valence-electron chi connectivity index (χ1n) is 3.05. The zero-order valence-electron chi connectivity index (χ0n) is 5.78. The number of hydrogen-bond donors (Lipinski definition) is 1. The second-order valence-corrected chi connectivity index (χ2v) is 1.93. The van der Waals surface area contributed by atoms with Crippen molar-refractivity contribution >= 4 is 0 Å². The van der Waals surface area contributed by atoms with Crippen LogP contribution in [0.3, 0.4) is 0 Å². The van der Waals surface area contributed by atoms with Crippen LogP contribution in [0.1, 0.15) is 19.8 Å². The fraction of sp³-hybridized carbons (Fsp3) is 0.833. The number of rotatable bonds is 4. The molecule has 0 aliphatic rings. The summed E-state index contributed by atoms with van der Waals surface area (Å²) in [6.45, 7) is 3.26. The smallest absolute Gasteiger partial charge is 0.0241 e. The first kappa shape index (κ1) is 7.92. The van der Waals surface area contributed by atoms with Crippen LogP contribution in [0.15, 0.2) is 0 Å². The van der Waals surface area contributed by atoms with E-state index in [9.17, 15) is 0 Å². The van der Waals surface area contributed by atoms with E-state index in [1.807, 2.05) is 12.1 Å². The van der Waals surface area contributed by atoms with Crippen molar-refractivity contribution in [1.82, 2.24) is 10.4 Å². The van der Waals surface area contributed by atoms with Gasteiger partial charge in [-0.3, -0.25) is 5.43 Å². The Morgan fingerprint density at radius 3 is 2.62 bits per heavy atom. The third-order valence-electron chi connectivity index (χ3n) is 1.12. The van der Waals surface area contributed by atoms with Crippen molar-refractivity contribution in [3.8, 4) is 0 Å². The van der Waals surface area contributed by atoms with E-state index < -0.39 is 0 Å². The van der Waals surface area contributed by atoms with Crippen LogP contribution in [0, 0.1) is 7.05 Å². The van der Waals surface area contributed by atoms with Gasteiger partial charge in [-0.15, -0.1) is 0 Å². The van der Waals surface area contributed by atoms with E-state index in [4.69, 9.17) is 0 Å². The molecule has 0 fully saturated rings. The van der Waals surface area contributed by atoms with Crippen LogP contribution >= 0.6 is 0 Å². The number of nitrogens with one attached hydrogen (secondary N) is 1. The fourth-order valence-electron chi connectivity index (χ4n) is 0.474. The van der Waals surface area contributed by atoms with Gasteiger partial charge in [-0.2, -0.15) is 0 Å². The molecule has 0 aromatic rings. The van der Waals surface area contributed by atoms with Gasteiger partial charge < -0.3 is 0 Å². The van der Waals surface area contributed by atoms with E-state index >= 15 is 0 Å². The van der Waals surface area contributed by atoms with Gasteiger partial charge in [0.2, 0.25) is 0 Å². The lowest BCUT2D eigenvalue weighted by molar-refractivity contribution is 0.270. The molecule has 0 aromatic carbocycles. The maximum absolute atomic E-state index is 3.51. The van der Waals surface area contributed by atoms with Gasteiger partial charge >= 0.3 is 0 Å². The minimum atomic E-state index is 1.08. The Morgan fingerprint density at radius 2 is 2.25 bits per heavy atom. The lowest BCUT2D eigenvalue weighted by Crippen LogP contribution is -2.29. The van der Waals surface area contributed by atoms with Gasteiger partial charge in [0.25, 0.3) is 0 Å². The molecule has 0 aliphatic heterocycles. The third kappa shape index (κ3) is 4.09. The number of hydrogen-bond acceptors (Lipinski definition) is 2. The number of hydrazine groups is 1. The maximum Gasteiger partial charge on any atom is 0.0241 e. The molecule has 0 amide bonds. The molecule has 0 spiro atoms. The molecule has 2 nitrogen and oxygen atoms in total. The van der Waals surface area contributed by atoms with Crippen molar-refractivity contribution in [3.05, 3.63) is 7.05 Å². The first-order chi connectivity index (χ1) is 3.81. The van der Waals surface area contributed by atoms with Crippen molar-refractivity contribution in [3.63, 3.8) is 0 Å². The van der Waals surface area contributed by atoms with Crippen LogP contribution in [-0.2, 0) is 0 Å². The highest BCUT2D eigenvalue weighted by molar-refractivity contribution is 4.41. The zero-order chi connectivity index (χ0) is 6.41. The molecule has 0 saturated heterocycles. The van der Waals surface area contributed by atoms with E-state index in [0.29, 0.717) is 0 Å². The van der Waals surface area contributed by atoms with Gasteiger partial charge in [-0.1, -0.05) is 13.3 Å². The number of nitrogens with zero attached hydrogens (tertiary/aromatic N) is 1. The molecule has 0 heterocycles. The van der Waals surface area contributed by atoms with Crippen LogP contribution in [0.5, 0.6) is 0 Å². The zero-order valence-corrected chi connectivity index (χ0v) is 5.78. The lowest BCUT2D eigenvalue weighted by Gasteiger charge is -2.12. The van der Waals surface area contributed by atoms with E-state index in [1.54, 1.807) is 0 Å². The van der Waals surface area contributed by atoms with Crippen molar-refractivity contribution in [1.29, 1.82) is 0 Å². The highest BCUT2D eigenvalue weighted by atomic mass is 15.5. The average molecular weight is 115 g/mol. The molecule has 0 aliphatic carbocycles. The van der Waals surface area contributed by atoms with Crippen LogP contribution < -0.4 is 5.43 Å². The van der Waals surface area contributed by atoms with Gasteiger partial charge in [0, 0.05) is 20.6 Å². The Morgan fingerprint density at radius 1 is 1.62 bits per heavy atom. The fourth-order valence-corrected chi connectivity index (χ4v) is 0.474. The van der Waals surface area contributed by atoms with Gasteiger partial charge in [0.1, 0.15) is 0 Å². The molecule has 0 bridgehead atoms. The largest absolute Gasteiger partial charge is 0.254 e. The van der Waals surface area contributed by atoms with Crippen LogP contribution in [0.4, 0.5) is 0 Å². The van der Waals surface area contributed by atoms with Crippen molar-refractivity contribution in [2.45, 2.75) is 19.8 Å². The lowest BCUT2D eigenvalue weighted by atomic mass is 10.3. The monoisotopic (exact) mass is 115 g/mol. The molecule has 2 heteroatoms. The quantitative estimate of drug-likeness (QED) is 0.550.